The van der Waals surface area contributed by atoms with Gasteiger partial charge in [-0.25, -0.2) is 0 Å². The van der Waals surface area contributed by atoms with E-state index in [-0.39, 0.29) is 5.92 Å². The monoisotopic (exact) mass is 284 g/mol. The molecule has 4 nitrogen and oxygen atoms in total. The van der Waals surface area contributed by atoms with Crippen LogP contribution in [0.3, 0.4) is 0 Å². The molecule has 21 heavy (non-hydrogen) atoms. The molecular formula is C17H20N2O2. The fourth-order valence-corrected chi connectivity index (χ4v) is 4.15. The van der Waals surface area contributed by atoms with Crippen molar-refractivity contribution in [2.45, 2.75) is 24.9 Å². The lowest BCUT2D eigenvalue weighted by Crippen LogP contribution is -2.10. The Hall–Kier alpha value is -1.81. The largest absolute Gasteiger partial charge is 0.493 e. The Balaban J connectivity index is 1.66. The first kappa shape index (κ1) is 12.9. The van der Waals surface area contributed by atoms with E-state index in [1.807, 2.05) is 7.05 Å². The highest BCUT2D eigenvalue weighted by Gasteiger charge is 2.57. The van der Waals surface area contributed by atoms with Crippen molar-refractivity contribution < 1.29 is 9.84 Å². The van der Waals surface area contributed by atoms with E-state index in [0.29, 0.717) is 17.6 Å². The van der Waals surface area contributed by atoms with Gasteiger partial charge < -0.3 is 9.84 Å². The van der Waals surface area contributed by atoms with Crippen molar-refractivity contribution in [2.75, 3.05) is 7.11 Å². The second kappa shape index (κ2) is 4.60. The number of ether oxygens (including phenoxy) is 1. The molecule has 1 fully saturated rings. The van der Waals surface area contributed by atoms with Gasteiger partial charge in [0.15, 0.2) is 5.75 Å². The van der Waals surface area contributed by atoms with Gasteiger partial charge in [0.25, 0.3) is 0 Å². The van der Waals surface area contributed by atoms with Crippen molar-refractivity contribution in [3.63, 3.8) is 0 Å². The van der Waals surface area contributed by atoms with Crippen LogP contribution in [0.15, 0.2) is 30.5 Å². The summed E-state index contributed by atoms with van der Waals surface area (Å²) < 4.78 is 7.08. The second-order valence-electron chi connectivity index (χ2n) is 6.17. The number of fused-ring (bicyclic) bond motifs is 3. The topological polar surface area (TPSA) is 47.3 Å². The Morgan fingerprint density at radius 2 is 2.19 bits per heavy atom. The predicted molar refractivity (Wildman–Crippen MR) is 79.2 cm³/mol. The minimum Gasteiger partial charge on any atom is -0.493 e. The molecule has 1 saturated carbocycles. The van der Waals surface area contributed by atoms with Crippen molar-refractivity contribution in [3.05, 3.63) is 47.3 Å². The van der Waals surface area contributed by atoms with Crippen LogP contribution in [-0.2, 0) is 13.5 Å². The van der Waals surface area contributed by atoms with Crippen LogP contribution in [0.1, 0.15) is 35.3 Å². The third-order valence-electron chi connectivity index (χ3n) is 5.20. The summed E-state index contributed by atoms with van der Waals surface area (Å²) in [5.41, 5.74) is 3.68. The van der Waals surface area contributed by atoms with E-state index in [1.165, 1.54) is 17.5 Å². The fraction of sp³-hybridized carbons (Fsp3) is 0.471. The number of hydrogen-bond donors (Lipinski definition) is 1. The molecule has 4 unspecified atom stereocenters. The normalized spacial score (nSPS) is 27.7. The van der Waals surface area contributed by atoms with Gasteiger partial charge in [0.1, 0.15) is 11.8 Å². The molecule has 1 heterocycles. The van der Waals surface area contributed by atoms with Crippen LogP contribution in [0.25, 0.3) is 0 Å². The maximum atomic E-state index is 10.9. The Labute approximate surface area is 124 Å². The van der Waals surface area contributed by atoms with Crippen LogP contribution >= 0.6 is 0 Å². The molecule has 1 aromatic carbocycles. The Bertz CT molecular complexity index is 679. The molecule has 110 valence electrons. The number of rotatable bonds is 3. The predicted octanol–water partition coefficient (Wildman–Crippen LogP) is 2.44. The zero-order chi connectivity index (χ0) is 14.6. The van der Waals surface area contributed by atoms with E-state index < -0.39 is 6.10 Å². The molecule has 0 saturated heterocycles. The van der Waals surface area contributed by atoms with Crippen molar-refractivity contribution in [3.8, 4) is 5.75 Å². The first-order chi connectivity index (χ1) is 10.2. The second-order valence-corrected chi connectivity index (χ2v) is 6.17. The highest BCUT2D eigenvalue weighted by Crippen LogP contribution is 2.64. The van der Waals surface area contributed by atoms with E-state index in [2.05, 4.69) is 29.4 Å². The number of hydrogen-bond acceptors (Lipinski definition) is 3. The van der Waals surface area contributed by atoms with Crippen LogP contribution in [0.4, 0.5) is 0 Å². The Kier molecular flexibility index (Phi) is 2.82. The van der Waals surface area contributed by atoms with Gasteiger partial charge >= 0.3 is 0 Å². The van der Waals surface area contributed by atoms with Gasteiger partial charge in [-0.2, -0.15) is 5.10 Å². The SMILES string of the molecule is COc1cnn(C)c1C(O)C1C2CCc3ccccc3C21. The van der Waals surface area contributed by atoms with E-state index in [1.54, 1.807) is 18.0 Å². The standard InChI is InChI=1S/C17H20N2O2/c1-19-16(13(21-2)9-18-19)17(20)15-12-8-7-10-5-3-4-6-11(10)14(12)15/h3-6,9,12,14-15,17,20H,7-8H2,1-2H3. The molecule has 4 heteroatoms. The summed E-state index contributed by atoms with van der Waals surface area (Å²) in [6, 6.07) is 8.65. The summed E-state index contributed by atoms with van der Waals surface area (Å²) in [6.07, 6.45) is 3.47. The van der Waals surface area contributed by atoms with Gasteiger partial charge in [0.05, 0.1) is 13.3 Å². The molecule has 0 aliphatic heterocycles. The molecule has 1 aromatic heterocycles. The maximum Gasteiger partial charge on any atom is 0.162 e. The van der Waals surface area contributed by atoms with Gasteiger partial charge in [-0.3, -0.25) is 4.68 Å². The molecule has 0 amide bonds. The smallest absolute Gasteiger partial charge is 0.162 e. The van der Waals surface area contributed by atoms with Gasteiger partial charge in [-0.05, 0) is 35.8 Å². The van der Waals surface area contributed by atoms with Gasteiger partial charge in [-0.15, -0.1) is 0 Å². The van der Waals surface area contributed by atoms with Crippen LogP contribution < -0.4 is 4.74 Å². The summed E-state index contributed by atoms with van der Waals surface area (Å²) in [7, 11) is 3.49. The average molecular weight is 284 g/mol. The molecule has 4 rings (SSSR count). The molecule has 2 aromatic rings. The highest BCUT2D eigenvalue weighted by molar-refractivity contribution is 5.41. The van der Waals surface area contributed by atoms with Crippen molar-refractivity contribution in [2.24, 2.45) is 18.9 Å². The molecule has 2 aliphatic carbocycles. The molecule has 4 atom stereocenters. The summed E-state index contributed by atoms with van der Waals surface area (Å²) >= 11 is 0. The molecule has 0 radical (unpaired) electrons. The van der Waals surface area contributed by atoms with Crippen LogP contribution in [0, 0.1) is 11.8 Å². The van der Waals surface area contributed by atoms with Crippen LogP contribution in [0.5, 0.6) is 5.75 Å². The number of benzene rings is 1. The van der Waals surface area contributed by atoms with E-state index in [9.17, 15) is 5.11 Å². The quantitative estimate of drug-likeness (QED) is 0.941. The number of aryl methyl sites for hydroxylation is 2. The molecular weight excluding hydrogens is 264 g/mol. The van der Waals surface area contributed by atoms with E-state index in [4.69, 9.17) is 4.74 Å². The van der Waals surface area contributed by atoms with Crippen molar-refractivity contribution in [1.29, 1.82) is 0 Å². The highest BCUT2D eigenvalue weighted by atomic mass is 16.5. The van der Waals surface area contributed by atoms with Gasteiger partial charge in [0.2, 0.25) is 0 Å². The summed E-state index contributed by atoms with van der Waals surface area (Å²) in [5.74, 6) is 2.05. The summed E-state index contributed by atoms with van der Waals surface area (Å²) in [6.45, 7) is 0. The lowest BCUT2D eigenvalue weighted by Gasteiger charge is -2.14. The zero-order valence-electron chi connectivity index (χ0n) is 12.4. The minimum atomic E-state index is -0.506. The van der Waals surface area contributed by atoms with Gasteiger partial charge in [0, 0.05) is 13.0 Å². The number of methoxy groups -OCH3 is 1. The fourth-order valence-electron chi connectivity index (χ4n) is 4.15. The number of aliphatic hydroxyl groups excluding tert-OH is 1. The third-order valence-corrected chi connectivity index (χ3v) is 5.20. The summed E-state index contributed by atoms with van der Waals surface area (Å²) in [5, 5.41) is 15.1. The lowest BCUT2D eigenvalue weighted by molar-refractivity contribution is 0.132. The average Bonchev–Trinajstić information content (AvgIpc) is 3.14. The minimum absolute atomic E-state index is 0.290. The van der Waals surface area contributed by atoms with Crippen molar-refractivity contribution >= 4 is 0 Å². The zero-order valence-corrected chi connectivity index (χ0v) is 12.4. The van der Waals surface area contributed by atoms with E-state index >= 15 is 0 Å². The first-order valence-electron chi connectivity index (χ1n) is 7.54. The molecule has 2 aliphatic rings. The first-order valence-corrected chi connectivity index (χ1v) is 7.54. The molecule has 1 N–H and O–H groups in total. The summed E-state index contributed by atoms with van der Waals surface area (Å²) in [4.78, 5) is 0. The number of aromatic nitrogens is 2. The van der Waals surface area contributed by atoms with Crippen LogP contribution in [0.2, 0.25) is 0 Å². The Morgan fingerprint density at radius 3 is 3.00 bits per heavy atom. The Morgan fingerprint density at radius 1 is 1.38 bits per heavy atom. The van der Waals surface area contributed by atoms with Crippen molar-refractivity contribution in [1.82, 2.24) is 9.78 Å². The maximum absolute atomic E-state index is 10.9. The molecule has 0 spiro atoms. The molecule has 0 bridgehead atoms. The van der Waals surface area contributed by atoms with Crippen LogP contribution in [-0.4, -0.2) is 22.0 Å². The number of aliphatic hydroxyl groups is 1. The third kappa shape index (κ3) is 1.82. The van der Waals surface area contributed by atoms with E-state index in [0.717, 1.165) is 12.1 Å². The number of nitrogens with zero attached hydrogens (tertiary/aromatic N) is 2. The lowest BCUT2D eigenvalue weighted by atomic mass is 9.92. The van der Waals surface area contributed by atoms with Gasteiger partial charge in [-0.1, -0.05) is 24.3 Å².